The van der Waals surface area contributed by atoms with Crippen molar-refractivity contribution in [2.45, 2.75) is 12.8 Å². The molecule has 0 N–H and O–H groups in total. The van der Waals surface area contributed by atoms with Crippen LogP contribution in [0.5, 0.6) is 0 Å². The number of hydrogen-bond donors (Lipinski definition) is 0. The molecule has 0 aromatic heterocycles. The van der Waals surface area contributed by atoms with E-state index in [0.29, 0.717) is 20.7 Å². The maximum Gasteiger partial charge on any atom is -0.0259 e. The molecule has 0 bridgehead atoms. The molecule has 0 atom stereocenters. The van der Waals surface area contributed by atoms with E-state index in [1.807, 2.05) is 0 Å². The molecule has 1 heteroatoms. The lowest BCUT2D eigenvalue weighted by Crippen LogP contribution is -1.70. The van der Waals surface area contributed by atoms with Crippen LogP contribution in [0.4, 0.5) is 0 Å². The molecule has 0 radical (unpaired) electrons. The van der Waals surface area contributed by atoms with Crippen molar-refractivity contribution >= 4 is 24.7 Å². The summed E-state index contributed by atoms with van der Waals surface area (Å²) < 4.78 is 4.74. The molecule has 0 nitrogen and oxygen atoms in total. The minimum Gasteiger partial charge on any atom is -0.0985 e. The van der Waals surface area contributed by atoms with Gasteiger partial charge in [-0.2, -0.15) is 0 Å². The molecule has 0 amide bonds. The van der Waals surface area contributed by atoms with Gasteiger partial charge in [0.05, 0.1) is 0 Å². The van der Waals surface area contributed by atoms with Gasteiger partial charge in [-0.15, -0.1) is 0 Å². The third kappa shape index (κ3) is 1.20. The van der Waals surface area contributed by atoms with Crippen LogP contribution in [-0.2, 0) is 0 Å². The lowest BCUT2D eigenvalue weighted by Gasteiger charge is -1.87. The minimum atomic E-state index is 0.409. The quantitative estimate of drug-likeness (QED) is 0.517. The van der Waals surface area contributed by atoms with Crippen molar-refractivity contribution in [2.24, 2.45) is 0 Å². The van der Waals surface area contributed by atoms with E-state index < -0.39 is 0 Å². The molecule has 6 heavy (non-hydrogen) atoms. The predicted molar refractivity (Wildman–Crippen MR) is 38.5 cm³/mol. The van der Waals surface area contributed by atoms with E-state index in [1.165, 1.54) is 12.8 Å². The van der Waals surface area contributed by atoms with Crippen molar-refractivity contribution in [2.75, 3.05) is 0 Å². The fraction of sp³-hybridized carbons (Fsp3) is 0.400. The van der Waals surface area contributed by atoms with Crippen molar-refractivity contribution in [1.29, 1.82) is 0 Å². The van der Waals surface area contributed by atoms with Crippen LogP contribution in [0.3, 0.4) is 0 Å². The molecule has 0 saturated carbocycles. The number of rotatable bonds is 0. The highest BCUT2D eigenvalue weighted by Gasteiger charge is 1.78. The molecule has 0 spiro atoms. The molecular formula is C5H7I. The van der Waals surface area contributed by atoms with Crippen LogP contribution in [0, 0.1) is 0 Å². The monoisotopic (exact) mass is 194 g/mol. The van der Waals surface area contributed by atoms with Gasteiger partial charge >= 0.3 is 0 Å². The topological polar surface area (TPSA) is 0 Å². The first-order valence-corrected chi connectivity index (χ1v) is 4.58. The largest absolute Gasteiger partial charge is 0.0985 e. The molecule has 0 unspecified atom stereocenters. The second-order valence-corrected chi connectivity index (χ2v) is 3.54. The zero-order valence-electron chi connectivity index (χ0n) is 3.52. The van der Waals surface area contributed by atoms with Crippen molar-refractivity contribution in [3.63, 3.8) is 0 Å². The summed E-state index contributed by atoms with van der Waals surface area (Å²) in [5.74, 6) is 0. The summed E-state index contributed by atoms with van der Waals surface area (Å²) in [4.78, 5) is 0. The van der Waals surface area contributed by atoms with Crippen molar-refractivity contribution in [3.05, 3.63) is 10.2 Å². The summed E-state index contributed by atoms with van der Waals surface area (Å²) in [5.41, 5.74) is 0. The molecular weight excluding hydrogens is 187 g/mol. The first-order valence-electron chi connectivity index (χ1n) is 2.09. The SMILES string of the molecule is C1=CI=CCC1. The van der Waals surface area contributed by atoms with Crippen LogP contribution in [0.1, 0.15) is 12.8 Å². The Morgan fingerprint density at radius 1 is 1.33 bits per heavy atom. The molecule has 0 aromatic rings. The van der Waals surface area contributed by atoms with E-state index in [1.54, 1.807) is 0 Å². The Morgan fingerprint density at radius 3 is 2.50 bits per heavy atom. The van der Waals surface area contributed by atoms with Crippen LogP contribution in [0.2, 0.25) is 0 Å². The van der Waals surface area contributed by atoms with Crippen molar-refractivity contribution in [1.82, 2.24) is 0 Å². The first-order chi connectivity index (χ1) is 3.00. The molecule has 0 saturated heterocycles. The zero-order valence-corrected chi connectivity index (χ0v) is 5.68. The number of allylic oxidation sites excluding steroid dienone is 1. The van der Waals surface area contributed by atoms with Gasteiger partial charge in [-0.3, -0.25) is 0 Å². The highest BCUT2D eigenvalue weighted by molar-refractivity contribution is 14.2. The molecule has 1 heterocycles. The summed E-state index contributed by atoms with van der Waals surface area (Å²) in [7, 11) is 0. The molecule has 0 aliphatic carbocycles. The predicted octanol–water partition coefficient (Wildman–Crippen LogP) is 2.07. The fourth-order valence-electron chi connectivity index (χ4n) is 0.388. The fourth-order valence-corrected chi connectivity index (χ4v) is 2.05. The highest BCUT2D eigenvalue weighted by atomic mass is 127. The average Bonchev–Trinajstić information content (AvgIpc) is 1.72. The maximum atomic E-state index is 2.42. The van der Waals surface area contributed by atoms with Crippen LogP contribution in [-0.4, -0.2) is 4.01 Å². The van der Waals surface area contributed by atoms with E-state index in [2.05, 4.69) is 14.2 Å². The molecule has 0 fully saturated rings. The van der Waals surface area contributed by atoms with Crippen LogP contribution in [0.25, 0.3) is 0 Å². The lowest BCUT2D eigenvalue weighted by atomic mass is 10.3. The Balaban J connectivity index is 2.46. The highest BCUT2D eigenvalue weighted by Crippen LogP contribution is 2.06. The maximum absolute atomic E-state index is 2.42. The first kappa shape index (κ1) is 4.50. The summed E-state index contributed by atoms with van der Waals surface area (Å²) in [6.45, 7) is 0. The van der Waals surface area contributed by atoms with E-state index in [0.717, 1.165) is 0 Å². The van der Waals surface area contributed by atoms with Crippen LogP contribution >= 0.6 is 20.7 Å². The average molecular weight is 194 g/mol. The Labute approximate surface area is 48.0 Å². The summed E-state index contributed by atoms with van der Waals surface area (Å²) >= 11 is 0.409. The normalized spacial score (nSPS) is 20.0. The zero-order chi connectivity index (χ0) is 4.24. The Hall–Kier alpha value is 0.340. The second kappa shape index (κ2) is 2.50. The van der Waals surface area contributed by atoms with Gasteiger partial charge in [0.2, 0.25) is 0 Å². The van der Waals surface area contributed by atoms with E-state index in [-0.39, 0.29) is 0 Å². The second-order valence-electron chi connectivity index (χ2n) is 1.22. The van der Waals surface area contributed by atoms with Gasteiger partial charge in [-0.05, 0) is 16.9 Å². The minimum absolute atomic E-state index is 0.409. The smallest absolute Gasteiger partial charge is 0.0259 e. The summed E-state index contributed by atoms with van der Waals surface area (Å²) in [5, 5.41) is 0. The van der Waals surface area contributed by atoms with Gasteiger partial charge in [0, 0.05) is 0 Å². The van der Waals surface area contributed by atoms with E-state index >= 15 is 0 Å². The van der Waals surface area contributed by atoms with Gasteiger partial charge in [-0.1, -0.05) is 30.8 Å². The van der Waals surface area contributed by atoms with Crippen molar-refractivity contribution in [3.8, 4) is 0 Å². The van der Waals surface area contributed by atoms with Crippen molar-refractivity contribution < 1.29 is 0 Å². The summed E-state index contributed by atoms with van der Waals surface area (Å²) in [6.07, 6.45) is 4.91. The third-order valence-corrected chi connectivity index (χ3v) is 2.75. The number of hydrogen-bond acceptors (Lipinski definition) is 0. The van der Waals surface area contributed by atoms with Gasteiger partial charge < -0.3 is 0 Å². The molecule has 1 aliphatic rings. The van der Waals surface area contributed by atoms with E-state index in [4.69, 9.17) is 0 Å². The van der Waals surface area contributed by atoms with Gasteiger partial charge in [0.15, 0.2) is 0 Å². The van der Waals surface area contributed by atoms with Crippen LogP contribution in [0.15, 0.2) is 10.2 Å². The Bertz CT molecular complexity index is 69.9. The Morgan fingerprint density at radius 2 is 2.33 bits per heavy atom. The summed E-state index contributed by atoms with van der Waals surface area (Å²) in [6, 6.07) is 0. The standard InChI is InChI=1S/C5H7I/c1-2-4-6-5-3-1/h2,4-5H,1,3H2. The van der Waals surface area contributed by atoms with Gasteiger partial charge in [0.25, 0.3) is 0 Å². The van der Waals surface area contributed by atoms with Gasteiger partial charge in [-0.25, -0.2) is 0 Å². The number of halogens is 1. The van der Waals surface area contributed by atoms with Gasteiger partial charge in [0.1, 0.15) is 0 Å². The Kier molecular flexibility index (Phi) is 1.88. The lowest BCUT2D eigenvalue weighted by molar-refractivity contribution is 1.13. The molecule has 1 aliphatic heterocycles. The molecule has 34 valence electrons. The molecule has 0 aromatic carbocycles. The molecule has 1 rings (SSSR count). The van der Waals surface area contributed by atoms with E-state index in [9.17, 15) is 0 Å². The van der Waals surface area contributed by atoms with Crippen LogP contribution < -0.4 is 0 Å². The third-order valence-electron chi connectivity index (χ3n) is 0.693.